The van der Waals surface area contributed by atoms with Gasteiger partial charge in [-0.15, -0.1) is 0 Å². The third-order valence-electron chi connectivity index (χ3n) is 3.63. The molecule has 0 fully saturated rings. The fourth-order valence-corrected chi connectivity index (χ4v) is 3.44. The molecular weight excluding hydrogens is 316 g/mol. The van der Waals surface area contributed by atoms with Gasteiger partial charge < -0.3 is 9.64 Å². The number of rotatable bonds is 8. The molecule has 0 unspecified atom stereocenters. The van der Waals surface area contributed by atoms with Gasteiger partial charge in [0, 0.05) is 20.1 Å². The highest BCUT2D eigenvalue weighted by molar-refractivity contribution is 7.89. The van der Waals surface area contributed by atoms with Crippen molar-refractivity contribution in [1.29, 1.82) is 0 Å². The molecule has 0 aromatic heterocycles. The topological polar surface area (TPSA) is 66.9 Å². The van der Waals surface area contributed by atoms with Crippen molar-refractivity contribution in [1.82, 2.24) is 9.21 Å². The molecule has 1 rings (SSSR count). The lowest BCUT2D eigenvalue weighted by Gasteiger charge is -2.23. The van der Waals surface area contributed by atoms with Gasteiger partial charge in [-0.1, -0.05) is 0 Å². The minimum atomic E-state index is -3.71. The molecule has 0 radical (unpaired) electrons. The Morgan fingerprint density at radius 2 is 1.78 bits per heavy atom. The molecule has 1 aromatic rings. The highest BCUT2D eigenvalue weighted by Crippen LogP contribution is 2.23. The van der Waals surface area contributed by atoms with Crippen LogP contribution in [0.4, 0.5) is 0 Å². The molecule has 23 heavy (non-hydrogen) atoms. The Bertz CT molecular complexity index is 639. The molecule has 0 spiro atoms. The van der Waals surface area contributed by atoms with E-state index in [4.69, 9.17) is 4.74 Å². The number of nitrogens with zero attached hydrogens (tertiary/aromatic N) is 2. The second-order valence-corrected chi connectivity index (χ2v) is 7.23. The Labute approximate surface area is 139 Å². The van der Waals surface area contributed by atoms with Crippen molar-refractivity contribution in [3.63, 3.8) is 0 Å². The van der Waals surface area contributed by atoms with Gasteiger partial charge in [-0.25, -0.2) is 8.42 Å². The highest BCUT2D eigenvalue weighted by atomic mass is 32.2. The summed E-state index contributed by atoms with van der Waals surface area (Å²) < 4.78 is 31.7. The summed E-state index contributed by atoms with van der Waals surface area (Å²) in [5, 5.41) is 0. The quantitative estimate of drug-likeness (QED) is 0.723. The van der Waals surface area contributed by atoms with Crippen molar-refractivity contribution in [3.8, 4) is 5.75 Å². The first-order valence-electron chi connectivity index (χ1n) is 7.75. The van der Waals surface area contributed by atoms with E-state index in [9.17, 15) is 13.2 Å². The predicted molar refractivity (Wildman–Crippen MR) is 90.1 cm³/mol. The summed E-state index contributed by atoms with van der Waals surface area (Å²) in [6, 6.07) is 4.72. The summed E-state index contributed by atoms with van der Waals surface area (Å²) in [4.78, 5) is 13.9. The standard InChI is InChI=1S/C16H26N2O4S/c1-6-18(7-2)16(19)12-17(5)23(20,21)14-9-10-15(22-8-3)13(4)11-14/h9-11H,6-8,12H2,1-5H3. The van der Waals surface area contributed by atoms with Crippen molar-refractivity contribution >= 4 is 15.9 Å². The minimum Gasteiger partial charge on any atom is -0.494 e. The smallest absolute Gasteiger partial charge is 0.243 e. The van der Waals surface area contributed by atoms with Crippen molar-refractivity contribution in [2.75, 3.05) is 33.3 Å². The van der Waals surface area contributed by atoms with Crippen LogP contribution in [0.25, 0.3) is 0 Å². The van der Waals surface area contributed by atoms with Crippen LogP contribution in [0.2, 0.25) is 0 Å². The maximum absolute atomic E-state index is 12.6. The van der Waals surface area contributed by atoms with Crippen LogP contribution in [0.1, 0.15) is 26.3 Å². The van der Waals surface area contributed by atoms with Crippen LogP contribution in [-0.4, -0.2) is 56.8 Å². The number of aryl methyl sites for hydroxylation is 1. The lowest BCUT2D eigenvalue weighted by atomic mass is 10.2. The first-order chi connectivity index (χ1) is 10.8. The van der Waals surface area contributed by atoms with E-state index in [1.807, 2.05) is 20.8 Å². The zero-order valence-electron chi connectivity index (χ0n) is 14.5. The van der Waals surface area contributed by atoms with Crippen LogP contribution in [-0.2, 0) is 14.8 Å². The number of hydrogen-bond donors (Lipinski definition) is 0. The van der Waals surface area contributed by atoms with Gasteiger partial charge in [0.1, 0.15) is 5.75 Å². The van der Waals surface area contributed by atoms with Gasteiger partial charge in [-0.2, -0.15) is 4.31 Å². The van der Waals surface area contributed by atoms with E-state index in [1.165, 1.54) is 13.1 Å². The van der Waals surface area contributed by atoms with Crippen molar-refractivity contribution in [2.24, 2.45) is 0 Å². The van der Waals surface area contributed by atoms with Crippen molar-refractivity contribution < 1.29 is 17.9 Å². The molecule has 0 atom stereocenters. The van der Waals surface area contributed by atoms with E-state index in [-0.39, 0.29) is 17.3 Å². The van der Waals surface area contributed by atoms with Crippen molar-refractivity contribution in [2.45, 2.75) is 32.6 Å². The molecule has 0 N–H and O–H groups in total. The number of hydrogen-bond acceptors (Lipinski definition) is 4. The van der Waals surface area contributed by atoms with E-state index in [0.29, 0.717) is 25.4 Å². The number of carbonyl (C=O) groups is 1. The van der Waals surface area contributed by atoms with E-state index < -0.39 is 10.0 Å². The molecule has 0 bridgehead atoms. The molecule has 0 aliphatic carbocycles. The molecule has 0 heterocycles. The number of benzene rings is 1. The molecule has 0 saturated heterocycles. The largest absolute Gasteiger partial charge is 0.494 e. The van der Waals surface area contributed by atoms with Crippen molar-refractivity contribution in [3.05, 3.63) is 23.8 Å². The van der Waals surface area contributed by atoms with E-state index in [1.54, 1.807) is 24.0 Å². The summed E-state index contributed by atoms with van der Waals surface area (Å²) in [5.41, 5.74) is 0.747. The molecule has 6 nitrogen and oxygen atoms in total. The van der Waals surface area contributed by atoms with Crippen LogP contribution in [0, 0.1) is 6.92 Å². The summed E-state index contributed by atoms with van der Waals surface area (Å²) in [7, 11) is -2.29. The second-order valence-electron chi connectivity index (χ2n) is 5.19. The number of carbonyl (C=O) groups excluding carboxylic acids is 1. The lowest BCUT2D eigenvalue weighted by Crippen LogP contribution is -2.40. The van der Waals surface area contributed by atoms with E-state index in [2.05, 4.69) is 0 Å². The van der Waals surface area contributed by atoms with Crippen LogP contribution in [0.5, 0.6) is 5.75 Å². The van der Waals surface area contributed by atoms with Crippen LogP contribution < -0.4 is 4.74 Å². The molecule has 1 amide bonds. The Balaban J connectivity index is 2.97. The fraction of sp³-hybridized carbons (Fsp3) is 0.562. The average Bonchev–Trinajstić information content (AvgIpc) is 2.50. The summed E-state index contributed by atoms with van der Waals surface area (Å²) in [6.45, 7) is 8.87. The lowest BCUT2D eigenvalue weighted by molar-refractivity contribution is -0.130. The van der Waals surface area contributed by atoms with Gasteiger partial charge in [-0.3, -0.25) is 4.79 Å². The van der Waals surface area contributed by atoms with Gasteiger partial charge in [0.15, 0.2) is 0 Å². The first kappa shape index (κ1) is 19.4. The Kier molecular flexibility index (Phi) is 7.02. The molecular formula is C16H26N2O4S. The summed E-state index contributed by atoms with van der Waals surface area (Å²) >= 11 is 0. The van der Waals surface area contributed by atoms with Crippen LogP contribution in [0.3, 0.4) is 0 Å². The second kappa shape index (κ2) is 8.31. The van der Waals surface area contributed by atoms with Crippen LogP contribution in [0.15, 0.2) is 23.1 Å². The SMILES string of the molecule is CCOc1ccc(S(=O)(=O)N(C)CC(=O)N(CC)CC)cc1C. The summed E-state index contributed by atoms with van der Waals surface area (Å²) in [6.07, 6.45) is 0. The molecule has 0 saturated carbocycles. The molecule has 130 valence electrons. The third-order valence-corrected chi connectivity index (χ3v) is 5.43. The van der Waals surface area contributed by atoms with Crippen LogP contribution >= 0.6 is 0 Å². The molecule has 0 aliphatic heterocycles. The normalized spacial score (nSPS) is 11.6. The Hall–Kier alpha value is -1.60. The summed E-state index contributed by atoms with van der Waals surface area (Å²) in [5.74, 6) is 0.456. The van der Waals surface area contributed by atoms with Gasteiger partial charge in [0.2, 0.25) is 15.9 Å². The van der Waals surface area contributed by atoms with Gasteiger partial charge in [0.05, 0.1) is 18.0 Å². The molecule has 1 aromatic carbocycles. The average molecular weight is 342 g/mol. The number of sulfonamides is 1. The maximum Gasteiger partial charge on any atom is 0.243 e. The number of likely N-dealkylation sites (N-methyl/N-ethyl adjacent to an activating group) is 2. The first-order valence-corrected chi connectivity index (χ1v) is 9.19. The van der Waals surface area contributed by atoms with E-state index >= 15 is 0 Å². The number of ether oxygens (including phenoxy) is 1. The predicted octanol–water partition coefficient (Wildman–Crippen LogP) is 1.88. The monoisotopic (exact) mass is 342 g/mol. The minimum absolute atomic E-state index is 0.160. The van der Waals surface area contributed by atoms with E-state index in [0.717, 1.165) is 9.87 Å². The van der Waals surface area contributed by atoms with Gasteiger partial charge in [-0.05, 0) is 51.5 Å². The zero-order chi connectivity index (χ0) is 17.6. The fourth-order valence-electron chi connectivity index (χ4n) is 2.23. The third kappa shape index (κ3) is 4.68. The zero-order valence-corrected chi connectivity index (χ0v) is 15.3. The molecule has 7 heteroatoms. The molecule has 0 aliphatic rings. The van der Waals surface area contributed by atoms with Gasteiger partial charge in [0.25, 0.3) is 0 Å². The Morgan fingerprint density at radius 1 is 1.17 bits per heavy atom. The highest BCUT2D eigenvalue weighted by Gasteiger charge is 2.25. The maximum atomic E-state index is 12.6. The van der Waals surface area contributed by atoms with Gasteiger partial charge >= 0.3 is 0 Å². The Morgan fingerprint density at radius 3 is 2.26 bits per heavy atom. The number of amides is 1.